The molecular formula is C20H21ClN4. The van der Waals surface area contributed by atoms with Gasteiger partial charge in [-0.2, -0.15) is 0 Å². The normalized spacial score (nSPS) is 15.7. The summed E-state index contributed by atoms with van der Waals surface area (Å²) < 4.78 is 0. The minimum Gasteiger partial charge on any atom is -0.352 e. The van der Waals surface area contributed by atoms with Crippen LogP contribution in [0.3, 0.4) is 0 Å². The van der Waals surface area contributed by atoms with Crippen molar-refractivity contribution < 1.29 is 0 Å². The Morgan fingerprint density at radius 2 is 1.56 bits per heavy atom. The van der Waals surface area contributed by atoms with Crippen molar-refractivity contribution in [2.75, 3.05) is 37.6 Å². The Kier molecular flexibility index (Phi) is 4.55. The fourth-order valence-corrected chi connectivity index (χ4v) is 3.55. The van der Waals surface area contributed by atoms with E-state index in [1.54, 1.807) is 0 Å². The number of fused-ring (bicyclic) bond motifs is 1. The Morgan fingerprint density at radius 1 is 0.880 bits per heavy atom. The summed E-state index contributed by atoms with van der Waals surface area (Å²) in [5.41, 5.74) is 1.94. The number of rotatable bonds is 3. The van der Waals surface area contributed by atoms with Crippen LogP contribution in [0.2, 0.25) is 5.02 Å². The first kappa shape index (κ1) is 16.3. The van der Waals surface area contributed by atoms with Gasteiger partial charge in [0.2, 0.25) is 0 Å². The Labute approximate surface area is 153 Å². The lowest BCUT2D eigenvalue weighted by atomic mass is 10.0. The van der Waals surface area contributed by atoms with Crippen LogP contribution in [0.1, 0.15) is 6.92 Å². The number of hydrogen-bond donors (Lipinski definition) is 0. The maximum Gasteiger partial charge on any atom is 0.159 e. The first-order valence-electron chi connectivity index (χ1n) is 8.75. The van der Waals surface area contributed by atoms with Crippen LogP contribution in [0.5, 0.6) is 0 Å². The van der Waals surface area contributed by atoms with Crippen molar-refractivity contribution in [3.63, 3.8) is 0 Å². The molecule has 0 saturated carbocycles. The van der Waals surface area contributed by atoms with Gasteiger partial charge in [0.15, 0.2) is 5.82 Å². The highest BCUT2D eigenvalue weighted by Gasteiger charge is 2.20. The van der Waals surface area contributed by atoms with Crippen molar-refractivity contribution in [1.29, 1.82) is 0 Å². The second-order valence-corrected chi connectivity index (χ2v) is 6.78. The third-order valence-corrected chi connectivity index (χ3v) is 5.16. The van der Waals surface area contributed by atoms with E-state index in [4.69, 9.17) is 11.6 Å². The van der Waals surface area contributed by atoms with Crippen molar-refractivity contribution in [2.24, 2.45) is 0 Å². The highest BCUT2D eigenvalue weighted by Crippen LogP contribution is 2.32. The van der Waals surface area contributed by atoms with E-state index in [0.29, 0.717) is 0 Å². The topological polar surface area (TPSA) is 32.3 Å². The van der Waals surface area contributed by atoms with Crippen molar-refractivity contribution in [2.45, 2.75) is 6.92 Å². The standard InChI is InChI=1S/C20H21ClN4/c1-2-24-11-13-25(14-12-24)20-18-6-4-3-5-17(18)19(22-23-20)15-7-9-16(21)10-8-15/h3-10H,2,11-14H2,1H3. The molecule has 0 aliphatic carbocycles. The summed E-state index contributed by atoms with van der Waals surface area (Å²) in [5.74, 6) is 0.990. The predicted molar refractivity (Wildman–Crippen MR) is 104 cm³/mol. The number of nitrogens with zero attached hydrogens (tertiary/aromatic N) is 4. The first-order chi connectivity index (χ1) is 12.3. The van der Waals surface area contributed by atoms with E-state index >= 15 is 0 Å². The first-order valence-corrected chi connectivity index (χ1v) is 9.12. The molecule has 1 fully saturated rings. The highest BCUT2D eigenvalue weighted by molar-refractivity contribution is 6.30. The second-order valence-electron chi connectivity index (χ2n) is 6.35. The third-order valence-electron chi connectivity index (χ3n) is 4.90. The average Bonchev–Trinajstić information content (AvgIpc) is 2.68. The Balaban J connectivity index is 1.76. The minimum absolute atomic E-state index is 0.728. The van der Waals surface area contributed by atoms with Gasteiger partial charge in [0.25, 0.3) is 0 Å². The fourth-order valence-electron chi connectivity index (χ4n) is 3.42. The van der Waals surface area contributed by atoms with Gasteiger partial charge in [-0.05, 0) is 18.7 Å². The smallest absolute Gasteiger partial charge is 0.159 e. The van der Waals surface area contributed by atoms with Crippen LogP contribution in [0, 0.1) is 0 Å². The zero-order valence-electron chi connectivity index (χ0n) is 14.3. The molecule has 0 bridgehead atoms. The molecule has 2 aromatic carbocycles. The molecule has 2 heterocycles. The Hall–Kier alpha value is -2.17. The van der Waals surface area contributed by atoms with Gasteiger partial charge >= 0.3 is 0 Å². The van der Waals surface area contributed by atoms with E-state index in [2.05, 4.69) is 51.2 Å². The molecule has 0 spiro atoms. The molecule has 0 amide bonds. The molecule has 1 aliphatic rings. The summed E-state index contributed by atoms with van der Waals surface area (Å²) in [6.45, 7) is 7.46. The molecule has 4 rings (SSSR count). The molecule has 1 saturated heterocycles. The maximum atomic E-state index is 6.02. The van der Waals surface area contributed by atoms with E-state index < -0.39 is 0 Å². The zero-order valence-corrected chi connectivity index (χ0v) is 15.1. The summed E-state index contributed by atoms with van der Waals surface area (Å²) in [5, 5.41) is 12.2. The summed E-state index contributed by atoms with van der Waals surface area (Å²) in [6, 6.07) is 16.2. The minimum atomic E-state index is 0.728. The molecule has 0 radical (unpaired) electrons. The van der Waals surface area contributed by atoms with Crippen LogP contribution in [-0.2, 0) is 0 Å². The van der Waals surface area contributed by atoms with Crippen LogP contribution in [-0.4, -0.2) is 47.8 Å². The van der Waals surface area contributed by atoms with Crippen molar-refractivity contribution in [3.05, 3.63) is 53.6 Å². The molecule has 3 aromatic rings. The number of benzene rings is 2. The number of likely N-dealkylation sites (N-methyl/N-ethyl adjacent to an activating group) is 1. The molecule has 0 unspecified atom stereocenters. The Morgan fingerprint density at radius 3 is 2.24 bits per heavy atom. The summed E-state index contributed by atoms with van der Waals surface area (Å²) in [4.78, 5) is 4.82. The quantitative estimate of drug-likeness (QED) is 0.710. The van der Waals surface area contributed by atoms with Crippen LogP contribution in [0.15, 0.2) is 48.5 Å². The lowest BCUT2D eigenvalue weighted by molar-refractivity contribution is 0.270. The van der Waals surface area contributed by atoms with Gasteiger partial charge in [0, 0.05) is 47.5 Å². The molecule has 1 aliphatic heterocycles. The molecule has 0 N–H and O–H groups in total. The van der Waals surface area contributed by atoms with Crippen molar-refractivity contribution in [1.82, 2.24) is 15.1 Å². The van der Waals surface area contributed by atoms with Gasteiger partial charge in [-0.1, -0.05) is 54.9 Å². The van der Waals surface area contributed by atoms with Crippen molar-refractivity contribution >= 4 is 28.2 Å². The van der Waals surface area contributed by atoms with Crippen LogP contribution in [0.25, 0.3) is 22.0 Å². The van der Waals surface area contributed by atoms with Crippen LogP contribution in [0.4, 0.5) is 5.82 Å². The molecular weight excluding hydrogens is 332 g/mol. The van der Waals surface area contributed by atoms with Gasteiger partial charge in [0.1, 0.15) is 5.69 Å². The summed E-state index contributed by atoms with van der Waals surface area (Å²) >= 11 is 6.02. The van der Waals surface area contributed by atoms with E-state index in [-0.39, 0.29) is 0 Å². The van der Waals surface area contributed by atoms with E-state index in [1.807, 2.05) is 24.3 Å². The highest BCUT2D eigenvalue weighted by atomic mass is 35.5. The number of halogens is 1. The lowest BCUT2D eigenvalue weighted by Crippen LogP contribution is -2.46. The summed E-state index contributed by atoms with van der Waals surface area (Å²) in [7, 11) is 0. The monoisotopic (exact) mass is 352 g/mol. The Bertz CT molecular complexity index is 871. The lowest BCUT2D eigenvalue weighted by Gasteiger charge is -2.35. The van der Waals surface area contributed by atoms with Crippen LogP contribution < -0.4 is 4.90 Å². The maximum absolute atomic E-state index is 6.02. The number of anilines is 1. The third kappa shape index (κ3) is 3.20. The predicted octanol–water partition coefficient (Wildman–Crippen LogP) is 4.09. The van der Waals surface area contributed by atoms with Gasteiger partial charge in [-0.15, -0.1) is 10.2 Å². The second kappa shape index (κ2) is 6.98. The van der Waals surface area contributed by atoms with Crippen LogP contribution >= 0.6 is 11.6 Å². The summed E-state index contributed by atoms with van der Waals surface area (Å²) in [6.07, 6.45) is 0. The number of aromatic nitrogens is 2. The van der Waals surface area contributed by atoms with E-state index in [0.717, 1.165) is 65.6 Å². The zero-order chi connectivity index (χ0) is 17.2. The average molecular weight is 353 g/mol. The SMILES string of the molecule is CCN1CCN(c2nnc(-c3ccc(Cl)cc3)c3ccccc23)CC1. The largest absolute Gasteiger partial charge is 0.352 e. The number of hydrogen-bond acceptors (Lipinski definition) is 4. The van der Waals surface area contributed by atoms with E-state index in [9.17, 15) is 0 Å². The van der Waals surface area contributed by atoms with Crippen molar-refractivity contribution in [3.8, 4) is 11.3 Å². The van der Waals surface area contributed by atoms with Gasteiger partial charge in [0.05, 0.1) is 0 Å². The molecule has 1 aromatic heterocycles. The molecule has 4 nitrogen and oxygen atoms in total. The molecule has 25 heavy (non-hydrogen) atoms. The van der Waals surface area contributed by atoms with Gasteiger partial charge in [-0.25, -0.2) is 0 Å². The van der Waals surface area contributed by atoms with Gasteiger partial charge < -0.3 is 9.80 Å². The fraction of sp³-hybridized carbons (Fsp3) is 0.300. The molecule has 128 valence electrons. The molecule has 5 heteroatoms. The van der Waals surface area contributed by atoms with E-state index in [1.165, 1.54) is 0 Å². The molecule has 0 atom stereocenters. The van der Waals surface area contributed by atoms with Gasteiger partial charge in [-0.3, -0.25) is 0 Å². The number of piperazine rings is 1.